The summed E-state index contributed by atoms with van der Waals surface area (Å²) in [5.74, 6) is -3.41. The van der Waals surface area contributed by atoms with Gasteiger partial charge in [0.25, 0.3) is 5.91 Å². The molecule has 0 saturated carbocycles. The summed E-state index contributed by atoms with van der Waals surface area (Å²) < 4.78 is 53.6. The minimum absolute atomic E-state index is 0.0137. The highest BCUT2D eigenvalue weighted by Crippen LogP contribution is 2.28. The van der Waals surface area contributed by atoms with E-state index in [1.807, 2.05) is 22.6 Å². The van der Waals surface area contributed by atoms with Crippen LogP contribution in [-0.4, -0.2) is 68.2 Å². The van der Waals surface area contributed by atoms with Crippen LogP contribution in [0.2, 0.25) is 0 Å². The Morgan fingerprint density at radius 3 is 2.50 bits per heavy atom. The van der Waals surface area contributed by atoms with Crippen molar-refractivity contribution in [2.45, 2.75) is 18.3 Å². The molecule has 0 spiro atoms. The van der Waals surface area contributed by atoms with Gasteiger partial charge in [0.05, 0.1) is 13.1 Å². The van der Waals surface area contributed by atoms with Gasteiger partial charge in [-0.25, -0.2) is 13.2 Å². The molecule has 0 atom stereocenters. The summed E-state index contributed by atoms with van der Waals surface area (Å²) in [5.41, 5.74) is -1.29. The van der Waals surface area contributed by atoms with Crippen LogP contribution < -0.4 is 5.32 Å². The molecule has 1 aliphatic rings. The lowest BCUT2D eigenvalue weighted by molar-refractivity contribution is -0.108. The van der Waals surface area contributed by atoms with Gasteiger partial charge in [-0.05, 0) is 52.4 Å². The number of rotatable bonds is 9. The third-order valence-electron chi connectivity index (χ3n) is 5.36. The standard InChI is InChI=1S/C22H24F3IN2O4/c1-31-19(32-2)9-27-10-22(30)11-28(12-22)21(29)15-5-6-17(23)20(25)16(15)7-13-3-4-14(26)8-18(13)24/h3-6,8,19,27,30H,7,9-12H2,1-2H3. The number of hydrogen-bond donors (Lipinski definition) is 2. The van der Waals surface area contributed by atoms with Crippen molar-refractivity contribution in [2.75, 3.05) is 40.4 Å². The van der Waals surface area contributed by atoms with Crippen LogP contribution in [0.15, 0.2) is 30.3 Å². The zero-order valence-corrected chi connectivity index (χ0v) is 19.8. The topological polar surface area (TPSA) is 71.0 Å². The molecule has 0 radical (unpaired) electrons. The molecule has 1 heterocycles. The van der Waals surface area contributed by atoms with Crippen molar-refractivity contribution in [2.24, 2.45) is 0 Å². The summed E-state index contributed by atoms with van der Waals surface area (Å²) in [6, 6.07) is 6.49. The second-order valence-electron chi connectivity index (χ2n) is 7.72. The van der Waals surface area contributed by atoms with Gasteiger partial charge in [-0.15, -0.1) is 0 Å². The Balaban J connectivity index is 1.72. The predicted octanol–water partition coefficient (Wildman–Crippen LogP) is 2.69. The molecule has 32 heavy (non-hydrogen) atoms. The van der Waals surface area contributed by atoms with E-state index >= 15 is 0 Å². The van der Waals surface area contributed by atoms with Crippen molar-refractivity contribution < 1.29 is 32.5 Å². The second kappa shape index (κ2) is 10.5. The third-order valence-corrected chi connectivity index (χ3v) is 6.03. The Morgan fingerprint density at radius 2 is 1.88 bits per heavy atom. The van der Waals surface area contributed by atoms with E-state index in [-0.39, 0.29) is 42.7 Å². The van der Waals surface area contributed by atoms with Crippen LogP contribution in [0.5, 0.6) is 0 Å². The second-order valence-corrected chi connectivity index (χ2v) is 8.96. The molecule has 1 fully saturated rings. The highest BCUT2D eigenvalue weighted by molar-refractivity contribution is 14.1. The first kappa shape index (κ1) is 24.9. The van der Waals surface area contributed by atoms with Crippen LogP contribution in [0, 0.1) is 21.0 Å². The van der Waals surface area contributed by atoms with Gasteiger partial charge < -0.3 is 24.8 Å². The predicted molar refractivity (Wildman–Crippen MR) is 120 cm³/mol. The van der Waals surface area contributed by atoms with Crippen molar-refractivity contribution in [1.29, 1.82) is 0 Å². The lowest BCUT2D eigenvalue weighted by Crippen LogP contribution is -2.67. The molecule has 174 valence electrons. The van der Waals surface area contributed by atoms with E-state index in [2.05, 4.69) is 5.32 Å². The van der Waals surface area contributed by atoms with Crippen molar-refractivity contribution in [3.8, 4) is 0 Å². The van der Waals surface area contributed by atoms with E-state index in [0.29, 0.717) is 10.1 Å². The maximum Gasteiger partial charge on any atom is 0.254 e. The van der Waals surface area contributed by atoms with Gasteiger partial charge in [0, 0.05) is 48.4 Å². The fourth-order valence-corrected chi connectivity index (χ4v) is 4.05. The van der Waals surface area contributed by atoms with Gasteiger partial charge in [-0.2, -0.15) is 0 Å². The minimum Gasteiger partial charge on any atom is -0.385 e. The van der Waals surface area contributed by atoms with Crippen LogP contribution in [-0.2, 0) is 15.9 Å². The maximum atomic E-state index is 14.6. The molecule has 0 aliphatic carbocycles. The quantitative estimate of drug-likeness (QED) is 0.362. The first-order valence-corrected chi connectivity index (χ1v) is 10.9. The average Bonchev–Trinajstić information content (AvgIpc) is 2.74. The largest absolute Gasteiger partial charge is 0.385 e. The molecule has 2 N–H and O–H groups in total. The first-order chi connectivity index (χ1) is 15.2. The normalized spacial score (nSPS) is 15.2. The number of β-amino-alcohol motifs (C(OH)–C–C–N with tert-alkyl or cyclic N) is 1. The van der Waals surface area contributed by atoms with E-state index < -0.39 is 35.2 Å². The smallest absolute Gasteiger partial charge is 0.254 e. The number of likely N-dealkylation sites (tertiary alicyclic amines) is 1. The van der Waals surface area contributed by atoms with E-state index in [1.165, 1.54) is 37.3 Å². The van der Waals surface area contributed by atoms with Gasteiger partial charge in [-0.3, -0.25) is 4.79 Å². The number of nitrogens with zero attached hydrogens (tertiary/aromatic N) is 1. The molecule has 6 nitrogen and oxygen atoms in total. The van der Waals surface area contributed by atoms with Crippen molar-refractivity contribution in [3.05, 3.63) is 68.0 Å². The number of benzene rings is 2. The van der Waals surface area contributed by atoms with Crippen LogP contribution in [0.1, 0.15) is 21.5 Å². The average molecular weight is 564 g/mol. The summed E-state index contributed by atoms with van der Waals surface area (Å²) in [4.78, 5) is 14.3. The fraction of sp³-hybridized carbons (Fsp3) is 0.409. The Labute approximate surface area is 197 Å². The lowest BCUT2D eigenvalue weighted by Gasteiger charge is -2.46. The summed E-state index contributed by atoms with van der Waals surface area (Å²) in [6.07, 6.45) is -0.745. The van der Waals surface area contributed by atoms with Gasteiger partial charge in [0.1, 0.15) is 11.4 Å². The highest BCUT2D eigenvalue weighted by Gasteiger charge is 2.44. The Bertz CT molecular complexity index is 982. The summed E-state index contributed by atoms with van der Waals surface area (Å²) in [5, 5.41) is 13.6. The number of amides is 1. The summed E-state index contributed by atoms with van der Waals surface area (Å²) in [6.45, 7) is 0.566. The molecule has 2 aromatic rings. The Hall–Kier alpha value is -1.73. The van der Waals surface area contributed by atoms with E-state index in [9.17, 15) is 23.1 Å². The van der Waals surface area contributed by atoms with Gasteiger partial charge in [-0.1, -0.05) is 6.07 Å². The number of aliphatic hydroxyl groups is 1. The zero-order chi connectivity index (χ0) is 23.5. The molecule has 0 unspecified atom stereocenters. The molecule has 1 aliphatic heterocycles. The maximum absolute atomic E-state index is 14.6. The number of ether oxygens (including phenoxy) is 2. The van der Waals surface area contributed by atoms with Crippen LogP contribution in [0.3, 0.4) is 0 Å². The van der Waals surface area contributed by atoms with Gasteiger partial charge in [0.2, 0.25) is 0 Å². The molecule has 0 bridgehead atoms. The van der Waals surface area contributed by atoms with Crippen molar-refractivity contribution in [3.63, 3.8) is 0 Å². The number of carbonyl (C=O) groups is 1. The van der Waals surface area contributed by atoms with Gasteiger partial charge in [0.15, 0.2) is 17.9 Å². The fourth-order valence-electron chi connectivity index (χ4n) is 3.60. The van der Waals surface area contributed by atoms with Crippen molar-refractivity contribution in [1.82, 2.24) is 10.2 Å². The van der Waals surface area contributed by atoms with Crippen LogP contribution in [0.4, 0.5) is 13.2 Å². The molecule has 1 amide bonds. The molecule has 10 heteroatoms. The highest BCUT2D eigenvalue weighted by atomic mass is 127. The van der Waals surface area contributed by atoms with Gasteiger partial charge >= 0.3 is 0 Å². The zero-order valence-electron chi connectivity index (χ0n) is 17.6. The Kier molecular flexibility index (Phi) is 8.15. The number of halogens is 4. The molecule has 1 saturated heterocycles. The van der Waals surface area contributed by atoms with Crippen LogP contribution in [0.25, 0.3) is 0 Å². The molecule has 2 aromatic carbocycles. The van der Waals surface area contributed by atoms with E-state index in [4.69, 9.17) is 9.47 Å². The SMILES string of the molecule is COC(CNCC1(O)CN(C(=O)c2ccc(F)c(F)c2Cc2ccc(I)cc2F)C1)OC. The lowest BCUT2D eigenvalue weighted by atomic mass is 9.91. The van der Waals surface area contributed by atoms with Crippen molar-refractivity contribution >= 4 is 28.5 Å². The molecule has 0 aromatic heterocycles. The number of methoxy groups -OCH3 is 2. The van der Waals surface area contributed by atoms with E-state index in [1.54, 1.807) is 6.07 Å². The molecular weight excluding hydrogens is 540 g/mol. The first-order valence-electron chi connectivity index (χ1n) is 9.86. The van der Waals surface area contributed by atoms with E-state index in [0.717, 1.165) is 6.07 Å². The number of nitrogens with one attached hydrogen (secondary N) is 1. The summed E-state index contributed by atoms with van der Waals surface area (Å²) >= 11 is 1.95. The number of carbonyl (C=O) groups excluding carboxylic acids is 1. The molecular formula is C22H24F3IN2O4. The van der Waals surface area contributed by atoms with Crippen LogP contribution >= 0.6 is 22.6 Å². The third kappa shape index (κ3) is 5.60. The summed E-state index contributed by atoms with van der Waals surface area (Å²) in [7, 11) is 2.99. The number of hydrogen-bond acceptors (Lipinski definition) is 5. The minimum atomic E-state index is -1.18. The monoisotopic (exact) mass is 564 g/mol. The Morgan fingerprint density at radius 1 is 1.19 bits per heavy atom. The molecule has 3 rings (SSSR count).